The Kier molecular flexibility index (Phi) is 8.71. The molecule has 0 unspecified atom stereocenters. The van der Waals surface area contributed by atoms with E-state index in [1.54, 1.807) is 18.4 Å². The van der Waals surface area contributed by atoms with Crippen molar-refractivity contribution >= 4 is 41.3 Å². The van der Waals surface area contributed by atoms with E-state index in [9.17, 15) is 0 Å². The minimum atomic E-state index is 0. The molecule has 0 amide bonds. The highest BCUT2D eigenvalue weighted by Gasteiger charge is 2.04. The number of benzene rings is 1. The molecule has 1 heterocycles. The Morgan fingerprint density at radius 3 is 2.50 bits per heavy atom. The largest absolute Gasteiger partial charge is 0.356 e. The van der Waals surface area contributed by atoms with Crippen LogP contribution in [0.5, 0.6) is 0 Å². The molecule has 0 aliphatic rings. The predicted molar refractivity (Wildman–Crippen MR) is 110 cm³/mol. The number of nitriles is 1. The van der Waals surface area contributed by atoms with Gasteiger partial charge in [0, 0.05) is 31.4 Å². The Balaban J connectivity index is 0.00000288. The standard InChI is InChI=1S/C17H21N5S.HI/c1-12-13(2)23-16(22-12)8-9-20-17(19-3)21-11-15-6-4-14(10-18)5-7-15;/h4-7H,8-9,11H2,1-3H3,(H2,19,20,21);1H. The van der Waals surface area contributed by atoms with Crippen LogP contribution in [0.1, 0.15) is 26.7 Å². The number of hydrogen-bond donors (Lipinski definition) is 2. The third-order valence-electron chi connectivity index (χ3n) is 3.47. The fraction of sp³-hybridized carbons (Fsp3) is 0.353. The number of aliphatic imine (C=N–C) groups is 1. The first kappa shape index (κ1) is 20.4. The maximum atomic E-state index is 8.80. The minimum Gasteiger partial charge on any atom is -0.356 e. The van der Waals surface area contributed by atoms with Crippen molar-refractivity contribution in [2.24, 2.45) is 4.99 Å². The Hall–Kier alpha value is -1.66. The molecule has 0 atom stereocenters. The molecular formula is C17H22IN5S. The highest BCUT2D eigenvalue weighted by atomic mass is 127. The zero-order valence-corrected chi connectivity index (χ0v) is 17.2. The molecule has 128 valence electrons. The zero-order valence-electron chi connectivity index (χ0n) is 14.1. The molecule has 5 nitrogen and oxygen atoms in total. The maximum Gasteiger partial charge on any atom is 0.191 e. The lowest BCUT2D eigenvalue weighted by molar-refractivity contribution is 0.791. The summed E-state index contributed by atoms with van der Waals surface area (Å²) < 4.78 is 0. The first-order chi connectivity index (χ1) is 11.1. The molecule has 1 aromatic carbocycles. The van der Waals surface area contributed by atoms with Gasteiger partial charge in [0.05, 0.1) is 22.3 Å². The predicted octanol–water partition coefficient (Wildman–Crippen LogP) is 3.16. The molecular weight excluding hydrogens is 433 g/mol. The van der Waals surface area contributed by atoms with E-state index in [4.69, 9.17) is 5.26 Å². The van der Waals surface area contributed by atoms with E-state index < -0.39 is 0 Å². The fourth-order valence-corrected chi connectivity index (χ4v) is 2.97. The number of halogens is 1. The minimum absolute atomic E-state index is 0. The number of guanidine groups is 1. The summed E-state index contributed by atoms with van der Waals surface area (Å²) >= 11 is 1.75. The number of aromatic nitrogens is 1. The van der Waals surface area contributed by atoms with Crippen molar-refractivity contribution in [2.45, 2.75) is 26.8 Å². The molecule has 1 aromatic heterocycles. The summed E-state index contributed by atoms with van der Waals surface area (Å²) in [6.07, 6.45) is 0.886. The summed E-state index contributed by atoms with van der Waals surface area (Å²) in [6.45, 7) is 5.60. The summed E-state index contributed by atoms with van der Waals surface area (Å²) in [6, 6.07) is 9.65. The average Bonchev–Trinajstić information content (AvgIpc) is 2.89. The van der Waals surface area contributed by atoms with E-state index in [1.807, 2.05) is 31.2 Å². The van der Waals surface area contributed by atoms with Crippen LogP contribution in [0.25, 0.3) is 0 Å². The SMILES string of the molecule is CN=C(NCCc1nc(C)c(C)s1)NCc1ccc(C#N)cc1.I. The Morgan fingerprint density at radius 2 is 1.96 bits per heavy atom. The summed E-state index contributed by atoms with van der Waals surface area (Å²) in [4.78, 5) is 10.0. The normalized spacial score (nSPS) is 10.7. The summed E-state index contributed by atoms with van der Waals surface area (Å²) in [5.41, 5.74) is 2.90. The van der Waals surface area contributed by atoms with Crippen LogP contribution in [0.3, 0.4) is 0 Å². The van der Waals surface area contributed by atoms with Gasteiger partial charge in [-0.25, -0.2) is 4.98 Å². The second kappa shape index (κ2) is 10.3. The van der Waals surface area contributed by atoms with Crippen molar-refractivity contribution in [3.63, 3.8) is 0 Å². The van der Waals surface area contributed by atoms with Gasteiger partial charge in [0.2, 0.25) is 0 Å². The molecule has 7 heteroatoms. The van der Waals surface area contributed by atoms with Gasteiger partial charge in [0.25, 0.3) is 0 Å². The molecule has 0 spiro atoms. The van der Waals surface area contributed by atoms with Crippen LogP contribution in [0.4, 0.5) is 0 Å². The van der Waals surface area contributed by atoms with E-state index in [0.717, 1.165) is 35.2 Å². The monoisotopic (exact) mass is 455 g/mol. The lowest BCUT2D eigenvalue weighted by Crippen LogP contribution is -2.37. The van der Waals surface area contributed by atoms with Crippen LogP contribution in [-0.4, -0.2) is 24.5 Å². The van der Waals surface area contributed by atoms with Gasteiger partial charge in [-0.2, -0.15) is 5.26 Å². The Bertz CT molecular complexity index is 696. The smallest absolute Gasteiger partial charge is 0.191 e. The van der Waals surface area contributed by atoms with E-state index in [1.165, 1.54) is 4.88 Å². The van der Waals surface area contributed by atoms with Crippen LogP contribution in [0, 0.1) is 25.2 Å². The second-order valence-corrected chi connectivity index (χ2v) is 6.45. The Labute approximate surface area is 164 Å². The number of nitrogens with zero attached hydrogens (tertiary/aromatic N) is 3. The molecule has 2 N–H and O–H groups in total. The molecule has 0 bridgehead atoms. The molecule has 2 aromatic rings. The van der Waals surface area contributed by atoms with E-state index >= 15 is 0 Å². The van der Waals surface area contributed by atoms with E-state index in [2.05, 4.69) is 33.6 Å². The van der Waals surface area contributed by atoms with Crippen molar-refractivity contribution < 1.29 is 0 Å². The lowest BCUT2D eigenvalue weighted by Gasteiger charge is -2.11. The maximum absolute atomic E-state index is 8.80. The van der Waals surface area contributed by atoms with Crippen molar-refractivity contribution in [3.05, 3.63) is 51.0 Å². The molecule has 24 heavy (non-hydrogen) atoms. The summed E-state index contributed by atoms with van der Waals surface area (Å²) in [5, 5.41) is 16.5. The van der Waals surface area contributed by atoms with Crippen LogP contribution in [0.2, 0.25) is 0 Å². The topological polar surface area (TPSA) is 73.1 Å². The Morgan fingerprint density at radius 1 is 1.25 bits per heavy atom. The molecule has 0 aliphatic heterocycles. The van der Waals surface area contributed by atoms with Gasteiger partial charge < -0.3 is 10.6 Å². The number of aryl methyl sites for hydroxylation is 2. The highest BCUT2D eigenvalue weighted by Crippen LogP contribution is 2.16. The first-order valence-corrected chi connectivity index (χ1v) is 8.30. The van der Waals surface area contributed by atoms with Crippen molar-refractivity contribution in [3.8, 4) is 6.07 Å². The van der Waals surface area contributed by atoms with E-state index in [0.29, 0.717) is 12.1 Å². The van der Waals surface area contributed by atoms with E-state index in [-0.39, 0.29) is 24.0 Å². The lowest BCUT2D eigenvalue weighted by atomic mass is 10.1. The second-order valence-electron chi connectivity index (χ2n) is 5.16. The summed E-state index contributed by atoms with van der Waals surface area (Å²) in [7, 11) is 1.76. The van der Waals surface area contributed by atoms with Gasteiger partial charge in [-0.3, -0.25) is 4.99 Å². The molecule has 0 radical (unpaired) electrons. The molecule has 0 aliphatic carbocycles. The quantitative estimate of drug-likeness (QED) is 0.413. The molecule has 0 saturated heterocycles. The van der Waals surface area contributed by atoms with Crippen molar-refractivity contribution in [1.82, 2.24) is 15.6 Å². The molecule has 2 rings (SSSR count). The van der Waals surface area contributed by atoms with Gasteiger partial charge in [0.15, 0.2) is 5.96 Å². The average molecular weight is 455 g/mol. The van der Waals surface area contributed by atoms with Gasteiger partial charge in [-0.15, -0.1) is 35.3 Å². The number of thiazole rings is 1. The van der Waals surface area contributed by atoms with Gasteiger partial charge in [-0.05, 0) is 31.5 Å². The highest BCUT2D eigenvalue weighted by molar-refractivity contribution is 14.0. The first-order valence-electron chi connectivity index (χ1n) is 7.49. The van der Waals surface area contributed by atoms with Crippen LogP contribution in [-0.2, 0) is 13.0 Å². The zero-order chi connectivity index (χ0) is 16.7. The van der Waals surface area contributed by atoms with Crippen LogP contribution in [0.15, 0.2) is 29.3 Å². The van der Waals surface area contributed by atoms with Gasteiger partial charge in [0.1, 0.15) is 0 Å². The van der Waals surface area contributed by atoms with Crippen LogP contribution >= 0.6 is 35.3 Å². The van der Waals surface area contributed by atoms with Crippen molar-refractivity contribution in [1.29, 1.82) is 5.26 Å². The number of rotatable bonds is 5. The number of hydrogen-bond acceptors (Lipinski definition) is 4. The van der Waals surface area contributed by atoms with Gasteiger partial charge in [-0.1, -0.05) is 12.1 Å². The molecule has 0 fully saturated rings. The third kappa shape index (κ3) is 6.09. The van der Waals surface area contributed by atoms with Gasteiger partial charge >= 0.3 is 0 Å². The van der Waals surface area contributed by atoms with Crippen LogP contribution < -0.4 is 10.6 Å². The number of nitrogens with one attached hydrogen (secondary N) is 2. The third-order valence-corrected chi connectivity index (χ3v) is 4.60. The fourth-order valence-electron chi connectivity index (χ4n) is 2.04. The summed E-state index contributed by atoms with van der Waals surface area (Å²) in [5.74, 6) is 0.763. The van der Waals surface area contributed by atoms with Crippen molar-refractivity contribution in [2.75, 3.05) is 13.6 Å². The molecule has 0 saturated carbocycles.